The molecule has 2 aliphatic heterocycles. The van der Waals surface area contributed by atoms with E-state index in [2.05, 4.69) is 5.32 Å². The maximum Gasteiger partial charge on any atom is 0.243 e. The summed E-state index contributed by atoms with van der Waals surface area (Å²) < 4.78 is 43.4. The number of fused-ring (bicyclic) bond motifs is 1. The summed E-state index contributed by atoms with van der Waals surface area (Å²) in [5, 5.41) is 12.9. The van der Waals surface area contributed by atoms with Crippen LogP contribution in [0, 0.1) is 0 Å². The number of carbonyl (C=O) groups excluding carboxylic acids is 1. The average molecular weight is 463 g/mol. The highest BCUT2D eigenvalue weighted by Gasteiger charge is 2.37. The van der Waals surface area contributed by atoms with Gasteiger partial charge in [0.05, 0.1) is 4.90 Å². The van der Waals surface area contributed by atoms with E-state index in [4.69, 9.17) is 14.2 Å². The first-order valence-electron chi connectivity index (χ1n) is 10.5. The summed E-state index contributed by atoms with van der Waals surface area (Å²) in [6.07, 6.45) is 0.922. The lowest BCUT2D eigenvalue weighted by molar-refractivity contribution is -0.126. The molecule has 0 spiro atoms. The Balaban J connectivity index is 1.32. The lowest BCUT2D eigenvalue weighted by atomic mass is 10.0. The topological polar surface area (TPSA) is 114 Å². The third kappa shape index (κ3) is 4.98. The van der Waals surface area contributed by atoms with Crippen molar-refractivity contribution in [3.05, 3.63) is 48.5 Å². The van der Waals surface area contributed by atoms with Crippen LogP contribution in [-0.4, -0.2) is 62.4 Å². The number of sulfonamides is 1. The molecular weight excluding hydrogens is 436 g/mol. The van der Waals surface area contributed by atoms with Crippen LogP contribution in [0.4, 0.5) is 0 Å². The van der Waals surface area contributed by atoms with Gasteiger partial charge in [-0.05, 0) is 37.1 Å². The Labute approximate surface area is 186 Å². The molecule has 0 saturated carbocycles. The highest BCUT2D eigenvalue weighted by molar-refractivity contribution is 7.89. The summed E-state index contributed by atoms with van der Waals surface area (Å²) >= 11 is 0. The molecule has 0 aliphatic carbocycles. The van der Waals surface area contributed by atoms with Crippen LogP contribution in [0.25, 0.3) is 0 Å². The molecule has 1 amide bonds. The van der Waals surface area contributed by atoms with Crippen LogP contribution in [0.1, 0.15) is 19.3 Å². The van der Waals surface area contributed by atoms with Crippen molar-refractivity contribution in [1.29, 1.82) is 0 Å². The fourth-order valence-electron chi connectivity index (χ4n) is 3.74. The maximum absolute atomic E-state index is 13.0. The number of aliphatic hydroxyl groups excluding tert-OH is 1. The third-order valence-corrected chi connectivity index (χ3v) is 7.33. The molecule has 2 aliphatic rings. The second-order valence-corrected chi connectivity index (χ2v) is 9.56. The Hall–Kier alpha value is -2.82. The van der Waals surface area contributed by atoms with Crippen molar-refractivity contribution in [2.45, 2.75) is 36.3 Å². The van der Waals surface area contributed by atoms with E-state index in [1.807, 2.05) is 0 Å². The molecule has 9 nitrogen and oxygen atoms in total. The van der Waals surface area contributed by atoms with Crippen molar-refractivity contribution in [3.63, 3.8) is 0 Å². The molecule has 0 bridgehead atoms. The first-order chi connectivity index (χ1) is 15.4. The Morgan fingerprint density at radius 3 is 2.75 bits per heavy atom. The number of ether oxygens (including phenoxy) is 3. The molecule has 2 N–H and O–H groups in total. The first kappa shape index (κ1) is 22.4. The minimum Gasteiger partial charge on any atom is -0.491 e. The van der Waals surface area contributed by atoms with Gasteiger partial charge in [0.25, 0.3) is 0 Å². The molecule has 32 heavy (non-hydrogen) atoms. The summed E-state index contributed by atoms with van der Waals surface area (Å²) in [6, 6.07) is 12.4. The number of amides is 1. The Morgan fingerprint density at radius 1 is 1.16 bits per heavy atom. The molecule has 172 valence electrons. The normalized spacial score (nSPS) is 19.3. The predicted octanol–water partition coefficient (Wildman–Crippen LogP) is 1.51. The van der Waals surface area contributed by atoms with Gasteiger partial charge in [0.1, 0.15) is 24.5 Å². The smallest absolute Gasteiger partial charge is 0.243 e. The standard InChI is InChI=1S/C22H26N2O7S/c25-16(14-29-17-9-10-20-21(12-17)31-15-30-20)13-23-22(26)19-8-4-5-11-24(19)32(27,28)18-6-2-1-3-7-18/h1-3,6-7,9-10,12,16,19,25H,4-5,8,11,13-15H2,(H,23,26). The molecule has 10 heteroatoms. The highest BCUT2D eigenvalue weighted by atomic mass is 32.2. The average Bonchev–Trinajstić information content (AvgIpc) is 3.29. The fourth-order valence-corrected chi connectivity index (χ4v) is 5.41. The highest BCUT2D eigenvalue weighted by Crippen LogP contribution is 2.35. The Bertz CT molecular complexity index is 1050. The summed E-state index contributed by atoms with van der Waals surface area (Å²) in [5.74, 6) is 1.29. The maximum atomic E-state index is 13.0. The van der Waals surface area contributed by atoms with Crippen LogP contribution in [0.15, 0.2) is 53.4 Å². The van der Waals surface area contributed by atoms with Gasteiger partial charge in [0, 0.05) is 19.2 Å². The molecule has 2 atom stereocenters. The second kappa shape index (κ2) is 9.76. The molecule has 1 fully saturated rings. The quantitative estimate of drug-likeness (QED) is 0.611. The summed E-state index contributed by atoms with van der Waals surface area (Å²) in [7, 11) is -3.78. The van der Waals surface area contributed by atoms with Crippen LogP contribution in [-0.2, 0) is 14.8 Å². The van der Waals surface area contributed by atoms with Crippen molar-refractivity contribution >= 4 is 15.9 Å². The van der Waals surface area contributed by atoms with Crippen LogP contribution in [0.3, 0.4) is 0 Å². The minimum absolute atomic E-state index is 0.0450. The molecule has 4 rings (SSSR count). The van der Waals surface area contributed by atoms with Gasteiger partial charge in [-0.25, -0.2) is 8.42 Å². The zero-order valence-corrected chi connectivity index (χ0v) is 18.3. The van der Waals surface area contributed by atoms with E-state index in [1.54, 1.807) is 36.4 Å². The molecule has 2 heterocycles. The van der Waals surface area contributed by atoms with Crippen LogP contribution in [0.5, 0.6) is 17.2 Å². The number of hydrogen-bond donors (Lipinski definition) is 2. The van der Waals surface area contributed by atoms with Crippen LogP contribution >= 0.6 is 0 Å². The van der Waals surface area contributed by atoms with Gasteiger partial charge in [0.2, 0.25) is 22.7 Å². The van der Waals surface area contributed by atoms with Gasteiger partial charge >= 0.3 is 0 Å². The fraction of sp³-hybridized carbons (Fsp3) is 0.409. The molecule has 1 saturated heterocycles. The number of hydrogen-bond acceptors (Lipinski definition) is 7. The predicted molar refractivity (Wildman–Crippen MR) is 115 cm³/mol. The Kier molecular flexibility index (Phi) is 6.83. The number of carbonyl (C=O) groups is 1. The van der Waals surface area contributed by atoms with E-state index in [9.17, 15) is 18.3 Å². The molecule has 2 unspecified atom stereocenters. The van der Waals surface area contributed by atoms with Gasteiger partial charge in [-0.1, -0.05) is 24.6 Å². The van der Waals surface area contributed by atoms with Crippen molar-refractivity contribution in [1.82, 2.24) is 9.62 Å². The van der Waals surface area contributed by atoms with Crippen molar-refractivity contribution in [2.75, 3.05) is 26.5 Å². The van der Waals surface area contributed by atoms with Gasteiger partial charge in [0.15, 0.2) is 11.5 Å². The number of nitrogens with one attached hydrogen (secondary N) is 1. The molecule has 2 aromatic rings. The number of piperidine rings is 1. The zero-order chi connectivity index (χ0) is 22.6. The van der Waals surface area contributed by atoms with E-state index >= 15 is 0 Å². The number of nitrogens with zero attached hydrogens (tertiary/aromatic N) is 1. The minimum atomic E-state index is -3.78. The van der Waals surface area contributed by atoms with Crippen LogP contribution < -0.4 is 19.5 Å². The summed E-state index contributed by atoms with van der Waals surface area (Å²) in [4.78, 5) is 13.0. The van der Waals surface area contributed by atoms with E-state index in [0.717, 1.165) is 6.42 Å². The number of aliphatic hydroxyl groups is 1. The third-order valence-electron chi connectivity index (χ3n) is 5.40. The van der Waals surface area contributed by atoms with E-state index < -0.39 is 28.1 Å². The monoisotopic (exact) mass is 462 g/mol. The SMILES string of the molecule is O=C(NCC(O)COc1ccc2c(c1)OCO2)C1CCCCN1S(=O)(=O)c1ccccc1. The summed E-state index contributed by atoms with van der Waals surface area (Å²) in [6.45, 7) is 0.340. The number of benzene rings is 2. The lowest BCUT2D eigenvalue weighted by Gasteiger charge is -2.33. The summed E-state index contributed by atoms with van der Waals surface area (Å²) in [5.41, 5.74) is 0. The van der Waals surface area contributed by atoms with Crippen molar-refractivity contribution in [2.24, 2.45) is 0 Å². The Morgan fingerprint density at radius 2 is 1.94 bits per heavy atom. The van der Waals surface area contributed by atoms with E-state index in [-0.39, 0.29) is 31.4 Å². The van der Waals surface area contributed by atoms with Crippen LogP contribution in [0.2, 0.25) is 0 Å². The van der Waals surface area contributed by atoms with Gasteiger partial charge < -0.3 is 24.6 Å². The molecular formula is C22H26N2O7S. The second-order valence-electron chi connectivity index (χ2n) is 7.67. The molecule has 0 radical (unpaired) electrons. The van der Waals surface area contributed by atoms with E-state index in [0.29, 0.717) is 30.1 Å². The molecule has 0 aromatic heterocycles. The van der Waals surface area contributed by atoms with Crippen molar-refractivity contribution < 1.29 is 32.5 Å². The van der Waals surface area contributed by atoms with Crippen molar-refractivity contribution in [3.8, 4) is 17.2 Å². The zero-order valence-electron chi connectivity index (χ0n) is 17.5. The van der Waals surface area contributed by atoms with E-state index in [1.165, 1.54) is 16.4 Å². The van der Waals surface area contributed by atoms with Gasteiger partial charge in [-0.2, -0.15) is 4.31 Å². The number of rotatable bonds is 8. The molecule has 2 aromatic carbocycles. The lowest BCUT2D eigenvalue weighted by Crippen LogP contribution is -2.53. The van der Waals surface area contributed by atoms with Gasteiger partial charge in [-0.3, -0.25) is 4.79 Å². The van der Waals surface area contributed by atoms with Gasteiger partial charge in [-0.15, -0.1) is 0 Å². The first-order valence-corrected chi connectivity index (χ1v) is 11.9. The largest absolute Gasteiger partial charge is 0.491 e.